The van der Waals surface area contributed by atoms with E-state index in [1.807, 2.05) is 22.7 Å². The summed E-state index contributed by atoms with van der Waals surface area (Å²) in [6.07, 6.45) is 3.68. The molecule has 7 rings (SSSR count). The highest BCUT2D eigenvalue weighted by molar-refractivity contribution is 7.98. The minimum absolute atomic E-state index is 0.179. The minimum atomic E-state index is -1.39. The van der Waals surface area contributed by atoms with Crippen LogP contribution in [-0.4, -0.2) is 63.7 Å². The molecule has 8 heteroatoms. The predicted molar refractivity (Wildman–Crippen MR) is 130 cm³/mol. The highest BCUT2D eigenvalue weighted by Gasteiger charge is 2.50. The second-order valence-electron chi connectivity index (χ2n) is 10.1. The first-order chi connectivity index (χ1) is 17.1. The fourth-order valence-electron chi connectivity index (χ4n) is 6.03. The molecule has 1 N–H and O–H groups in total. The normalized spacial score (nSPS) is 33.2. The Morgan fingerprint density at radius 2 is 1.94 bits per heavy atom. The van der Waals surface area contributed by atoms with Crippen LogP contribution in [0.25, 0.3) is 0 Å². The number of hydrazine groups is 1. The maximum absolute atomic E-state index is 13.6. The van der Waals surface area contributed by atoms with Crippen molar-refractivity contribution in [2.75, 3.05) is 19.8 Å². The Balaban J connectivity index is 1.45. The third-order valence-corrected chi connectivity index (χ3v) is 9.20. The summed E-state index contributed by atoms with van der Waals surface area (Å²) in [6.45, 7) is 1.69. The van der Waals surface area contributed by atoms with Gasteiger partial charge in [-0.15, -0.1) is 11.8 Å². The first kappa shape index (κ1) is 21.5. The molecule has 5 aliphatic rings. The number of nitrogens with zero attached hydrogens (tertiary/aromatic N) is 3. The van der Waals surface area contributed by atoms with Crippen LogP contribution >= 0.6 is 11.8 Å². The van der Waals surface area contributed by atoms with Crippen LogP contribution in [0.3, 0.4) is 0 Å². The van der Waals surface area contributed by atoms with Crippen molar-refractivity contribution in [3.63, 3.8) is 0 Å². The van der Waals surface area contributed by atoms with Crippen molar-refractivity contribution in [1.29, 1.82) is 0 Å². The third-order valence-electron chi connectivity index (χ3n) is 8.06. The van der Waals surface area contributed by atoms with Gasteiger partial charge in [0.05, 0.1) is 19.3 Å². The fraction of sp³-hybridized carbons (Fsp3) is 0.407. The summed E-state index contributed by atoms with van der Waals surface area (Å²) in [7, 11) is 0. The first-order valence-electron chi connectivity index (χ1n) is 12.3. The Labute approximate surface area is 208 Å². The maximum atomic E-state index is 13.6. The molecule has 2 aromatic carbocycles. The second kappa shape index (κ2) is 8.11. The van der Waals surface area contributed by atoms with E-state index in [9.17, 15) is 14.7 Å². The largest absolute Gasteiger partial charge is 0.493 e. The SMILES string of the molecule is O=C1C=CN2C(C(=O)N3CC[C@H]4C[C@@H]4COc4cccc5c4[C@H](c4ccccc4SC5)N2C3)C1O. The van der Waals surface area contributed by atoms with E-state index in [2.05, 4.69) is 41.4 Å². The fourth-order valence-corrected chi connectivity index (χ4v) is 7.12. The van der Waals surface area contributed by atoms with Gasteiger partial charge in [0.15, 0.2) is 11.8 Å². The molecule has 0 spiro atoms. The van der Waals surface area contributed by atoms with Gasteiger partial charge in [0.25, 0.3) is 5.91 Å². The van der Waals surface area contributed by atoms with Crippen LogP contribution < -0.4 is 4.74 Å². The van der Waals surface area contributed by atoms with Crippen LogP contribution in [0.4, 0.5) is 0 Å². The van der Waals surface area contributed by atoms with Crippen LogP contribution in [0.1, 0.15) is 35.6 Å². The number of aliphatic hydroxyl groups is 1. The predicted octanol–water partition coefficient (Wildman–Crippen LogP) is 2.94. The Kier molecular flexibility index (Phi) is 4.98. The number of benzene rings is 2. The number of ketones is 1. The van der Waals surface area contributed by atoms with E-state index in [1.54, 1.807) is 11.2 Å². The molecule has 2 aromatic rings. The zero-order valence-corrected chi connectivity index (χ0v) is 20.1. The summed E-state index contributed by atoms with van der Waals surface area (Å²) < 4.78 is 6.51. The number of carbonyl (C=O) groups is 2. The van der Waals surface area contributed by atoms with Crippen LogP contribution in [0.5, 0.6) is 5.75 Å². The smallest absolute Gasteiger partial charge is 0.251 e. The molecule has 7 nitrogen and oxygen atoms in total. The lowest BCUT2D eigenvalue weighted by atomic mass is 9.92. The molecule has 0 radical (unpaired) electrons. The first-order valence-corrected chi connectivity index (χ1v) is 13.3. The van der Waals surface area contributed by atoms with Gasteiger partial charge in [-0.1, -0.05) is 30.3 Å². The molecule has 1 amide bonds. The molecule has 1 saturated carbocycles. The molecule has 1 saturated heterocycles. The quantitative estimate of drug-likeness (QED) is 0.610. The van der Waals surface area contributed by atoms with Crippen LogP contribution in [0, 0.1) is 11.8 Å². The number of rotatable bonds is 0. The number of fused-ring (bicyclic) bond motifs is 8. The molecule has 0 aromatic heterocycles. The molecule has 4 heterocycles. The van der Waals surface area contributed by atoms with Crippen LogP contribution in [0.15, 0.2) is 59.6 Å². The maximum Gasteiger partial charge on any atom is 0.251 e. The van der Waals surface area contributed by atoms with E-state index in [4.69, 9.17) is 4.74 Å². The van der Waals surface area contributed by atoms with Crippen molar-refractivity contribution >= 4 is 23.5 Å². The lowest BCUT2D eigenvalue weighted by Crippen LogP contribution is -2.68. The average molecular weight is 490 g/mol. The topological polar surface area (TPSA) is 73.3 Å². The number of thioether (sulfide) groups is 1. The van der Waals surface area contributed by atoms with Crippen molar-refractivity contribution < 1.29 is 19.4 Å². The van der Waals surface area contributed by atoms with Crippen LogP contribution in [-0.2, 0) is 15.3 Å². The molecule has 4 aliphatic heterocycles. The zero-order chi connectivity index (χ0) is 23.7. The van der Waals surface area contributed by atoms with Crippen molar-refractivity contribution in [2.24, 2.45) is 11.8 Å². The number of ether oxygens (including phenoxy) is 1. The Bertz CT molecular complexity index is 1250. The lowest BCUT2D eigenvalue weighted by molar-refractivity contribution is -0.185. The van der Waals surface area contributed by atoms with E-state index in [0.717, 1.165) is 35.5 Å². The average Bonchev–Trinajstić information content (AvgIpc) is 3.65. The van der Waals surface area contributed by atoms with E-state index in [-0.39, 0.29) is 11.9 Å². The number of hydrogen-bond donors (Lipinski definition) is 1. The highest BCUT2D eigenvalue weighted by atomic mass is 32.2. The summed E-state index contributed by atoms with van der Waals surface area (Å²) in [5, 5.41) is 14.8. The van der Waals surface area contributed by atoms with Gasteiger partial charge in [-0.05, 0) is 47.9 Å². The van der Waals surface area contributed by atoms with Gasteiger partial charge < -0.3 is 14.7 Å². The Morgan fingerprint density at radius 1 is 1.06 bits per heavy atom. The van der Waals surface area contributed by atoms with E-state index >= 15 is 0 Å². The van der Waals surface area contributed by atoms with Crippen molar-refractivity contribution in [1.82, 2.24) is 14.9 Å². The molecule has 180 valence electrons. The molecule has 35 heavy (non-hydrogen) atoms. The number of aliphatic hydroxyl groups excluding tert-OH is 1. The van der Waals surface area contributed by atoms with Gasteiger partial charge >= 0.3 is 0 Å². The van der Waals surface area contributed by atoms with Gasteiger partial charge in [-0.3, -0.25) is 14.6 Å². The van der Waals surface area contributed by atoms with E-state index in [1.165, 1.54) is 16.5 Å². The molecule has 3 unspecified atom stereocenters. The summed E-state index contributed by atoms with van der Waals surface area (Å²) in [6, 6.07) is 13.5. The molecular formula is C27H27N3O4S. The van der Waals surface area contributed by atoms with Gasteiger partial charge in [-0.25, -0.2) is 0 Å². The van der Waals surface area contributed by atoms with Gasteiger partial charge in [0.1, 0.15) is 11.9 Å². The molecule has 1 aliphatic carbocycles. The highest BCUT2D eigenvalue weighted by Crippen LogP contribution is 2.49. The van der Waals surface area contributed by atoms with Gasteiger partial charge in [0.2, 0.25) is 0 Å². The molecule has 6 atom stereocenters. The molecular weight excluding hydrogens is 462 g/mol. The molecule has 2 fully saturated rings. The van der Waals surface area contributed by atoms with E-state index < -0.39 is 17.9 Å². The summed E-state index contributed by atoms with van der Waals surface area (Å²) in [5.41, 5.74) is 3.45. The number of hydrogen-bond acceptors (Lipinski definition) is 7. The monoisotopic (exact) mass is 489 g/mol. The molecule has 2 bridgehead atoms. The van der Waals surface area contributed by atoms with Gasteiger partial charge in [0, 0.05) is 35.0 Å². The van der Waals surface area contributed by atoms with Gasteiger partial charge in [-0.2, -0.15) is 5.01 Å². The Hall–Kier alpha value is -2.81. The summed E-state index contributed by atoms with van der Waals surface area (Å²) in [5.74, 6) is 2.15. The second-order valence-corrected chi connectivity index (χ2v) is 11.1. The van der Waals surface area contributed by atoms with E-state index in [0.29, 0.717) is 31.7 Å². The van der Waals surface area contributed by atoms with Crippen molar-refractivity contribution in [2.45, 2.75) is 41.7 Å². The summed E-state index contributed by atoms with van der Waals surface area (Å²) in [4.78, 5) is 29.1. The van der Waals surface area contributed by atoms with Crippen molar-refractivity contribution in [3.8, 4) is 5.75 Å². The van der Waals surface area contributed by atoms with Crippen LogP contribution in [0.2, 0.25) is 0 Å². The number of carbonyl (C=O) groups excluding carboxylic acids is 2. The minimum Gasteiger partial charge on any atom is -0.493 e. The number of amides is 1. The zero-order valence-electron chi connectivity index (χ0n) is 19.2. The standard InChI is InChI=1S/C27H27N3O4S/c31-20-9-11-29-25(26(20)32)27(33)28-10-8-16-12-18(16)13-34-21-6-3-4-17-14-35-22-7-2-1-5-19(22)24(23(17)21)30(29)15-28/h1-7,9,11,16,18,24-26,32H,8,10,12-15H2/t16-,18+,24-,25?,26?/m0/s1. The summed E-state index contributed by atoms with van der Waals surface area (Å²) >= 11 is 1.81. The Morgan fingerprint density at radius 3 is 2.86 bits per heavy atom. The van der Waals surface area contributed by atoms with Crippen molar-refractivity contribution in [3.05, 3.63) is 71.4 Å². The lowest BCUT2D eigenvalue weighted by Gasteiger charge is -2.52. The third kappa shape index (κ3) is 3.42.